The van der Waals surface area contributed by atoms with E-state index in [2.05, 4.69) is 13.8 Å². The fourth-order valence-electron chi connectivity index (χ4n) is 0.315. The van der Waals surface area contributed by atoms with Gasteiger partial charge in [-0.05, 0) is 14.1 Å². The molecule has 0 amide bonds. The molecule has 0 aliphatic heterocycles. The fraction of sp³-hybridized carbons (Fsp3) is 1.00. The van der Waals surface area contributed by atoms with Crippen molar-refractivity contribution in [1.82, 2.24) is 0 Å². The maximum Gasteiger partial charge on any atom is 0.0367 e. The Morgan fingerprint density at radius 3 is 1.89 bits per heavy atom. The van der Waals surface area contributed by atoms with Crippen LogP contribution in [-0.2, 0) is 0 Å². The van der Waals surface area contributed by atoms with Gasteiger partial charge in [-0.3, -0.25) is 0 Å². The Balaban J connectivity index is 3.58. The summed E-state index contributed by atoms with van der Waals surface area (Å²) < 4.78 is 0. The highest BCUT2D eigenvalue weighted by molar-refractivity contribution is 8.54. The molecular formula is C3H14N3P3. The molecule has 0 bridgehead atoms. The molecule has 0 aliphatic rings. The van der Waals surface area contributed by atoms with Crippen LogP contribution in [0.25, 0.3) is 0 Å². The molecular weight excluding hydrogens is 171 g/mol. The molecule has 0 radical (unpaired) electrons. The second-order valence-corrected chi connectivity index (χ2v) is 10.7. The minimum Gasteiger partial charge on any atom is -0.307 e. The van der Waals surface area contributed by atoms with E-state index in [1.807, 2.05) is 0 Å². The van der Waals surface area contributed by atoms with E-state index in [0.29, 0.717) is 14.1 Å². The van der Waals surface area contributed by atoms with Gasteiger partial charge in [0, 0.05) is 15.2 Å². The van der Waals surface area contributed by atoms with Crippen LogP contribution in [0, 0.1) is 0 Å². The molecule has 0 fully saturated rings. The third-order valence-corrected chi connectivity index (χ3v) is 9.52. The first-order valence-electron chi connectivity index (χ1n) is 2.64. The maximum absolute atomic E-state index is 5.77. The Morgan fingerprint density at radius 1 is 1.33 bits per heavy atom. The van der Waals surface area contributed by atoms with Gasteiger partial charge in [0.25, 0.3) is 0 Å². The van der Waals surface area contributed by atoms with Crippen molar-refractivity contribution < 1.29 is 0 Å². The molecule has 0 aliphatic carbocycles. The molecule has 6 heteroatoms. The van der Waals surface area contributed by atoms with Crippen LogP contribution >= 0.6 is 23.6 Å². The first-order chi connectivity index (χ1) is 4.09. The van der Waals surface area contributed by atoms with E-state index in [0.717, 1.165) is 0 Å². The summed E-state index contributed by atoms with van der Waals surface area (Å²) in [5, 5.41) is 0. The van der Waals surface area contributed by atoms with E-state index < -0.39 is 15.2 Å². The largest absolute Gasteiger partial charge is 0.307 e. The molecule has 0 heterocycles. The van der Waals surface area contributed by atoms with Crippen molar-refractivity contribution in [3.63, 3.8) is 0 Å². The lowest BCUT2D eigenvalue weighted by Gasteiger charge is -2.20. The quantitative estimate of drug-likeness (QED) is 0.582. The summed E-state index contributed by atoms with van der Waals surface area (Å²) in [5.74, 6) is 0. The van der Waals surface area contributed by atoms with E-state index in [1.165, 1.54) is 0 Å². The molecule has 9 heavy (non-hydrogen) atoms. The second kappa shape index (κ2) is 4.91. The van der Waals surface area contributed by atoms with Crippen LogP contribution in [0.1, 0.15) is 13.8 Å². The van der Waals surface area contributed by atoms with Crippen molar-refractivity contribution in [3.05, 3.63) is 0 Å². The molecule has 0 spiro atoms. The summed E-state index contributed by atoms with van der Waals surface area (Å²) >= 11 is 0. The van der Waals surface area contributed by atoms with Gasteiger partial charge in [0.15, 0.2) is 0 Å². The van der Waals surface area contributed by atoms with E-state index in [4.69, 9.17) is 16.5 Å². The van der Waals surface area contributed by atoms with Crippen LogP contribution in [0.3, 0.4) is 0 Å². The molecule has 0 aromatic rings. The summed E-state index contributed by atoms with van der Waals surface area (Å²) in [6.45, 7) is 4.18. The first kappa shape index (κ1) is 10.2. The normalized spacial score (nSPS) is 19.3. The van der Waals surface area contributed by atoms with Crippen LogP contribution in [0.2, 0.25) is 0 Å². The molecule has 56 valence electrons. The lowest BCUT2D eigenvalue weighted by molar-refractivity contribution is 1.10. The van der Waals surface area contributed by atoms with E-state index in [-0.39, 0.29) is 0 Å². The van der Waals surface area contributed by atoms with Gasteiger partial charge in [-0.25, -0.2) is 0 Å². The molecule has 0 rings (SSSR count). The van der Waals surface area contributed by atoms with Gasteiger partial charge >= 0.3 is 0 Å². The number of nitrogens with two attached hydrogens (primary N) is 3. The summed E-state index contributed by atoms with van der Waals surface area (Å²) in [4.78, 5) is 0. The second-order valence-electron chi connectivity index (χ2n) is 1.95. The lowest BCUT2D eigenvalue weighted by Crippen LogP contribution is -2.02. The molecule has 3 atom stereocenters. The van der Waals surface area contributed by atoms with Crippen molar-refractivity contribution in [2.45, 2.75) is 19.5 Å². The van der Waals surface area contributed by atoms with E-state index in [1.54, 1.807) is 0 Å². The van der Waals surface area contributed by atoms with Crippen molar-refractivity contribution >= 4 is 23.6 Å². The number of hydrogen-bond donors (Lipinski definition) is 3. The van der Waals surface area contributed by atoms with Crippen molar-refractivity contribution in [1.29, 1.82) is 0 Å². The minimum atomic E-state index is -0.531. The molecule has 6 N–H and O–H groups in total. The van der Waals surface area contributed by atoms with E-state index in [9.17, 15) is 0 Å². The number of hydrogen-bond acceptors (Lipinski definition) is 3. The standard InChI is InChI=1S/C3H14N3P3/c1-3(2)8(5)9(6)7-4/h3,7H,4-6H2,1-2H3. The van der Waals surface area contributed by atoms with Gasteiger partial charge in [0.1, 0.15) is 0 Å². The Bertz CT molecular complexity index is 78.7. The predicted molar refractivity (Wildman–Crippen MR) is 49.9 cm³/mol. The highest BCUT2D eigenvalue weighted by Gasteiger charge is 2.14. The number of rotatable bonds is 3. The van der Waals surface area contributed by atoms with Crippen LogP contribution in [0.5, 0.6) is 0 Å². The molecule has 0 saturated heterocycles. The summed E-state index contributed by atoms with van der Waals surface area (Å²) in [5.41, 5.74) is 17.3. The molecule has 3 unspecified atom stereocenters. The predicted octanol–water partition coefficient (Wildman–Crippen LogP) is 1.49. The van der Waals surface area contributed by atoms with Crippen LogP contribution in [0.15, 0.2) is 0 Å². The lowest BCUT2D eigenvalue weighted by atomic mass is 10.6. The third-order valence-electron chi connectivity index (χ3n) is 0.910. The zero-order valence-corrected chi connectivity index (χ0v) is 8.49. The van der Waals surface area contributed by atoms with Gasteiger partial charge in [-0.1, -0.05) is 13.8 Å². The molecule has 0 saturated carbocycles. The fourth-order valence-corrected chi connectivity index (χ4v) is 6.12. The van der Waals surface area contributed by atoms with Gasteiger partial charge in [-0.2, -0.15) is 0 Å². The molecule has 0 aromatic carbocycles. The van der Waals surface area contributed by atoms with Gasteiger partial charge < -0.3 is 16.5 Å². The minimum absolute atomic E-state index is 0.351. The van der Waals surface area contributed by atoms with Crippen LogP contribution in [0.4, 0.5) is 0 Å². The molecule has 0 aromatic heterocycles. The molecule has 3 nitrogen and oxygen atoms in total. The average Bonchev–Trinajstić information content (AvgIpc) is 1.84. The summed E-state index contributed by atoms with van der Waals surface area (Å²) in [6, 6.07) is 0. The Kier molecular flexibility index (Phi) is 5.54. The summed E-state index contributed by atoms with van der Waals surface area (Å²) in [7, 11) is -0.651. The van der Waals surface area contributed by atoms with Crippen LogP contribution in [-0.4, -0.2) is 5.66 Å². The van der Waals surface area contributed by atoms with Crippen molar-refractivity contribution in [2.24, 2.45) is 16.5 Å². The van der Waals surface area contributed by atoms with Gasteiger partial charge in [0.05, 0.1) is 0 Å². The van der Waals surface area contributed by atoms with E-state index >= 15 is 0 Å². The first-order valence-corrected chi connectivity index (χ1v) is 8.16. The zero-order chi connectivity index (χ0) is 7.44. The summed E-state index contributed by atoms with van der Waals surface area (Å²) in [6.07, 6.45) is 0. The monoisotopic (exact) mass is 185 g/mol. The average molecular weight is 185 g/mol. The topological polar surface area (TPSA) is 78.1 Å². The Labute approximate surface area is 60.4 Å². The smallest absolute Gasteiger partial charge is 0.0367 e. The Hall–Kier alpha value is 1.17. The van der Waals surface area contributed by atoms with Gasteiger partial charge in [-0.15, -0.1) is 0 Å². The van der Waals surface area contributed by atoms with Crippen molar-refractivity contribution in [3.8, 4) is 0 Å². The Morgan fingerprint density at radius 2 is 1.78 bits per heavy atom. The zero-order valence-electron chi connectivity index (χ0n) is 5.70. The van der Waals surface area contributed by atoms with Crippen molar-refractivity contribution in [2.75, 3.05) is 0 Å². The highest BCUT2D eigenvalue weighted by Crippen LogP contribution is 2.69. The SMILES string of the molecule is CC(C)P(N)P(N)PN. The highest BCUT2D eigenvalue weighted by atomic mass is 32.5. The maximum atomic E-state index is 5.77. The van der Waals surface area contributed by atoms with Crippen LogP contribution < -0.4 is 16.5 Å². The van der Waals surface area contributed by atoms with Gasteiger partial charge in [0.2, 0.25) is 0 Å². The third kappa shape index (κ3) is 3.78.